The van der Waals surface area contributed by atoms with Crippen LogP contribution >= 0.6 is 0 Å². The van der Waals surface area contributed by atoms with Crippen LogP contribution < -0.4 is 18.9 Å². The number of carbonyl (C=O) groups is 1. The van der Waals surface area contributed by atoms with Crippen LogP contribution in [-0.4, -0.2) is 67.8 Å². The molecule has 8 heteroatoms. The Balaban J connectivity index is 1.37. The van der Waals surface area contributed by atoms with Crippen molar-refractivity contribution in [3.05, 3.63) is 94.7 Å². The van der Waals surface area contributed by atoms with E-state index in [0.717, 1.165) is 83.4 Å². The van der Waals surface area contributed by atoms with Crippen LogP contribution in [0.5, 0.6) is 23.0 Å². The summed E-state index contributed by atoms with van der Waals surface area (Å²) in [6.45, 7) is 7.97. The number of methoxy groups -OCH3 is 4. The number of amides is 2. The topological polar surface area (TPSA) is 63.7 Å². The minimum Gasteiger partial charge on any atom is -0.497 e. The minimum atomic E-state index is -0.424. The first-order valence-electron chi connectivity index (χ1n) is 15.3. The van der Waals surface area contributed by atoms with Gasteiger partial charge in [-0.2, -0.15) is 0 Å². The van der Waals surface area contributed by atoms with Gasteiger partial charge in [-0.3, -0.25) is 9.80 Å². The van der Waals surface area contributed by atoms with Gasteiger partial charge in [0.25, 0.3) is 0 Å². The van der Waals surface area contributed by atoms with Crippen LogP contribution in [0.4, 0.5) is 4.79 Å². The number of benzene rings is 3. The molecule has 3 aliphatic heterocycles. The molecular formula is C36H43N3O5. The quantitative estimate of drug-likeness (QED) is 0.301. The molecule has 0 unspecified atom stereocenters. The summed E-state index contributed by atoms with van der Waals surface area (Å²) in [5.74, 6) is 3.09. The van der Waals surface area contributed by atoms with Gasteiger partial charge in [0.2, 0.25) is 0 Å². The summed E-state index contributed by atoms with van der Waals surface area (Å²) in [5.41, 5.74) is 4.73. The number of hydrogen-bond donors (Lipinski definition) is 0. The van der Waals surface area contributed by atoms with E-state index < -0.39 is 5.54 Å². The Morgan fingerprint density at radius 2 is 1.39 bits per heavy atom. The van der Waals surface area contributed by atoms with Crippen molar-refractivity contribution < 1.29 is 23.7 Å². The van der Waals surface area contributed by atoms with Crippen molar-refractivity contribution in [2.75, 3.05) is 41.5 Å². The first-order chi connectivity index (χ1) is 21.2. The zero-order valence-electron chi connectivity index (χ0n) is 26.7. The Hall–Kier alpha value is -4.17. The van der Waals surface area contributed by atoms with Crippen molar-refractivity contribution in [1.82, 2.24) is 14.7 Å². The number of urea groups is 1. The fourth-order valence-corrected chi connectivity index (χ4v) is 7.36. The van der Waals surface area contributed by atoms with Gasteiger partial charge < -0.3 is 23.8 Å². The Morgan fingerprint density at radius 1 is 0.750 bits per heavy atom. The number of rotatable bonds is 8. The zero-order valence-corrected chi connectivity index (χ0v) is 26.7. The van der Waals surface area contributed by atoms with Crippen molar-refractivity contribution in [3.63, 3.8) is 0 Å². The van der Waals surface area contributed by atoms with Crippen LogP contribution in [0.1, 0.15) is 48.9 Å². The molecule has 232 valence electrons. The van der Waals surface area contributed by atoms with E-state index in [1.54, 1.807) is 28.4 Å². The van der Waals surface area contributed by atoms with Gasteiger partial charge >= 0.3 is 6.03 Å². The number of ether oxygens (including phenoxy) is 4. The maximum absolute atomic E-state index is 14.5. The molecular weight excluding hydrogens is 554 g/mol. The lowest BCUT2D eigenvalue weighted by Crippen LogP contribution is -2.53. The van der Waals surface area contributed by atoms with E-state index in [4.69, 9.17) is 18.9 Å². The van der Waals surface area contributed by atoms with E-state index in [0.29, 0.717) is 13.1 Å². The molecule has 3 aromatic carbocycles. The maximum atomic E-state index is 14.5. The van der Waals surface area contributed by atoms with Crippen molar-refractivity contribution >= 4 is 6.03 Å². The molecule has 3 aliphatic rings. The number of piperidine rings is 1. The van der Waals surface area contributed by atoms with E-state index in [1.165, 1.54) is 0 Å². The molecule has 8 nitrogen and oxygen atoms in total. The molecule has 0 saturated carbocycles. The minimum absolute atomic E-state index is 0.0523. The number of hydrogen-bond acceptors (Lipinski definition) is 6. The molecule has 2 amide bonds. The first-order valence-corrected chi connectivity index (χ1v) is 15.3. The molecule has 2 fully saturated rings. The van der Waals surface area contributed by atoms with Gasteiger partial charge in [0.15, 0.2) is 0 Å². The first kappa shape index (κ1) is 29.9. The van der Waals surface area contributed by atoms with Gasteiger partial charge in [0.1, 0.15) is 23.0 Å². The third-order valence-corrected chi connectivity index (χ3v) is 9.51. The van der Waals surface area contributed by atoms with Crippen molar-refractivity contribution in [3.8, 4) is 23.0 Å². The molecule has 44 heavy (non-hydrogen) atoms. The number of fused-ring (bicyclic) bond motifs is 3. The molecule has 0 bridgehead atoms. The Labute approximate surface area is 260 Å². The molecule has 6 rings (SSSR count). The predicted molar refractivity (Wildman–Crippen MR) is 170 cm³/mol. The molecule has 2 saturated heterocycles. The third kappa shape index (κ3) is 5.25. The van der Waals surface area contributed by atoms with E-state index in [-0.39, 0.29) is 11.4 Å². The van der Waals surface area contributed by atoms with Gasteiger partial charge in [-0.15, -0.1) is 0 Å². The summed E-state index contributed by atoms with van der Waals surface area (Å²) in [6.07, 6.45) is 4.00. The zero-order chi connectivity index (χ0) is 31.1. The van der Waals surface area contributed by atoms with Gasteiger partial charge in [-0.05, 0) is 47.7 Å². The largest absolute Gasteiger partial charge is 0.497 e. The number of likely N-dealkylation sites (tertiary alicyclic amines) is 1. The van der Waals surface area contributed by atoms with Crippen LogP contribution in [0, 0.1) is 0 Å². The number of carbonyl (C=O) groups excluding carboxylic acids is 1. The lowest BCUT2D eigenvalue weighted by atomic mass is 9.77. The average molecular weight is 598 g/mol. The van der Waals surface area contributed by atoms with Crippen molar-refractivity contribution in [2.45, 2.75) is 57.3 Å². The highest BCUT2D eigenvalue weighted by Gasteiger charge is 2.56. The summed E-state index contributed by atoms with van der Waals surface area (Å²) >= 11 is 0. The highest BCUT2D eigenvalue weighted by Crippen LogP contribution is 2.51. The second-order valence-corrected chi connectivity index (χ2v) is 12.6. The number of allylic oxidation sites excluding steroid dienone is 1. The summed E-state index contributed by atoms with van der Waals surface area (Å²) in [6, 6.07) is 20.4. The molecule has 0 atom stereocenters. The van der Waals surface area contributed by atoms with Gasteiger partial charge in [-0.1, -0.05) is 50.3 Å². The third-order valence-electron chi connectivity index (χ3n) is 9.51. The molecule has 0 radical (unpaired) electrons. The van der Waals surface area contributed by atoms with Gasteiger partial charge in [0, 0.05) is 55.0 Å². The van der Waals surface area contributed by atoms with Gasteiger partial charge in [0.05, 0.1) is 40.5 Å². The van der Waals surface area contributed by atoms with Crippen LogP contribution in [0.25, 0.3) is 0 Å². The molecule has 3 heterocycles. The lowest BCUT2D eigenvalue weighted by molar-refractivity contribution is 0.0813. The Bertz CT molecular complexity index is 1540. The van der Waals surface area contributed by atoms with E-state index in [9.17, 15) is 4.79 Å². The fraction of sp³-hybridized carbons (Fsp3) is 0.417. The van der Waals surface area contributed by atoms with E-state index >= 15 is 0 Å². The van der Waals surface area contributed by atoms with Crippen LogP contribution in [0.2, 0.25) is 0 Å². The monoisotopic (exact) mass is 597 g/mol. The second kappa shape index (κ2) is 11.7. The molecule has 3 aromatic rings. The molecule has 0 aliphatic carbocycles. The Kier molecular flexibility index (Phi) is 7.97. The fourth-order valence-electron chi connectivity index (χ4n) is 7.36. The SMILES string of the molecule is COc1cc(CN2CCC3(CC2)C2=CC(C)(C)c4c(cc(OC)cc4OC)CN2C(=O)N3Cc2ccccc2)cc(OC)c1. The van der Waals surface area contributed by atoms with Crippen molar-refractivity contribution in [2.24, 2.45) is 0 Å². The highest BCUT2D eigenvalue weighted by molar-refractivity contribution is 5.83. The molecule has 0 aromatic heterocycles. The van der Waals surface area contributed by atoms with Crippen molar-refractivity contribution in [1.29, 1.82) is 0 Å². The smallest absolute Gasteiger partial charge is 0.325 e. The van der Waals surface area contributed by atoms with Crippen LogP contribution in [0.3, 0.4) is 0 Å². The summed E-state index contributed by atoms with van der Waals surface area (Å²) in [7, 11) is 6.73. The predicted octanol–water partition coefficient (Wildman–Crippen LogP) is 6.37. The lowest BCUT2D eigenvalue weighted by Gasteiger charge is -2.45. The summed E-state index contributed by atoms with van der Waals surface area (Å²) in [4.78, 5) is 21.1. The summed E-state index contributed by atoms with van der Waals surface area (Å²) < 4.78 is 22.6. The standard InChI is InChI=1S/C36H43N3O5/c1-35(2)21-32-36(12-14-37(15-13-36)22-26-16-28(41-3)19-29(17-26)42-4)39(23-25-10-8-7-9-11-25)34(40)38(32)24-27-18-30(43-5)20-31(44-6)33(27)35/h7-11,16-21H,12-15,22-24H2,1-6H3. The van der Waals surface area contributed by atoms with Gasteiger partial charge in [-0.25, -0.2) is 4.79 Å². The average Bonchev–Trinajstić information content (AvgIpc) is 3.14. The molecule has 0 N–H and O–H groups in total. The summed E-state index contributed by atoms with van der Waals surface area (Å²) in [5, 5.41) is 0. The normalized spacial score (nSPS) is 18.8. The Morgan fingerprint density at radius 3 is 2.00 bits per heavy atom. The maximum Gasteiger partial charge on any atom is 0.325 e. The highest BCUT2D eigenvalue weighted by atomic mass is 16.5. The van der Waals surface area contributed by atoms with E-state index in [1.807, 2.05) is 35.2 Å². The number of nitrogens with zero attached hydrogens (tertiary/aromatic N) is 3. The van der Waals surface area contributed by atoms with Crippen LogP contribution in [0.15, 0.2) is 72.4 Å². The molecule has 1 spiro atoms. The van der Waals surface area contributed by atoms with Crippen LogP contribution in [-0.2, 0) is 25.0 Å². The van der Waals surface area contributed by atoms with E-state index in [2.05, 4.69) is 60.1 Å². The second-order valence-electron chi connectivity index (χ2n) is 12.6.